The first kappa shape index (κ1) is 23.8. The summed E-state index contributed by atoms with van der Waals surface area (Å²) >= 11 is 7.45. The molecule has 1 N–H and O–H groups in total. The Bertz CT molecular complexity index is 1070. The van der Waals surface area contributed by atoms with Crippen LogP contribution in [-0.4, -0.2) is 44.5 Å². The third-order valence-corrected chi connectivity index (χ3v) is 5.86. The Balaban J connectivity index is 1.53. The highest BCUT2D eigenvalue weighted by Crippen LogP contribution is 2.26. The third-order valence-electron chi connectivity index (χ3n) is 4.61. The summed E-state index contributed by atoms with van der Waals surface area (Å²) in [6, 6.07) is 14.7. The van der Waals surface area contributed by atoms with Gasteiger partial charge in [0.15, 0.2) is 0 Å². The van der Waals surface area contributed by atoms with E-state index < -0.39 is 0 Å². The summed E-state index contributed by atoms with van der Waals surface area (Å²) in [5.41, 5.74) is 2.50. The van der Waals surface area contributed by atoms with Crippen LogP contribution < -0.4 is 5.32 Å². The van der Waals surface area contributed by atoms with Crippen molar-refractivity contribution >= 4 is 40.9 Å². The minimum atomic E-state index is -0.149. The van der Waals surface area contributed by atoms with Gasteiger partial charge in [0.1, 0.15) is 0 Å². The maximum atomic E-state index is 12.8. The van der Waals surface area contributed by atoms with E-state index >= 15 is 0 Å². The summed E-state index contributed by atoms with van der Waals surface area (Å²) in [5, 5.41) is 11.5. The van der Waals surface area contributed by atoms with Gasteiger partial charge in [-0.15, -0.1) is 22.0 Å². The lowest BCUT2D eigenvalue weighted by Crippen LogP contribution is -2.38. The van der Waals surface area contributed by atoms with Crippen molar-refractivity contribution in [1.29, 1.82) is 0 Å². The summed E-state index contributed by atoms with van der Waals surface area (Å²) in [7, 11) is 0. The first-order valence-electron chi connectivity index (χ1n) is 10.1. The number of hydrogen-bond acceptors (Lipinski definition) is 6. The number of hydrogen-bond donors (Lipinski definition) is 1. The lowest BCUT2D eigenvalue weighted by Gasteiger charge is -2.25. The predicted molar refractivity (Wildman–Crippen MR) is 128 cm³/mol. The highest BCUT2D eigenvalue weighted by atomic mass is 35.5. The largest absolute Gasteiger partial charge is 0.419 e. The van der Waals surface area contributed by atoms with Crippen LogP contribution in [0.1, 0.15) is 25.3 Å². The van der Waals surface area contributed by atoms with E-state index in [9.17, 15) is 9.59 Å². The van der Waals surface area contributed by atoms with Gasteiger partial charge >= 0.3 is 0 Å². The molecule has 0 aliphatic rings. The summed E-state index contributed by atoms with van der Waals surface area (Å²) in [4.78, 5) is 26.5. The van der Waals surface area contributed by atoms with Crippen LogP contribution in [0.2, 0.25) is 5.02 Å². The molecule has 0 unspecified atom stereocenters. The second-order valence-electron chi connectivity index (χ2n) is 7.50. The summed E-state index contributed by atoms with van der Waals surface area (Å²) in [5.74, 6) is 0.732. The van der Waals surface area contributed by atoms with E-state index in [1.807, 2.05) is 57.2 Å². The standard InChI is InChI=1S/C23H25ClN4O3S/c1-15(2)28(12-21-26-27-23(31-21)18-6-4-5-7-19(18)24)22(30)14-32-13-20(29)25-17-10-8-16(3)9-11-17/h4-11,15H,12-14H2,1-3H3,(H,25,29). The van der Waals surface area contributed by atoms with Crippen LogP contribution in [0.4, 0.5) is 5.69 Å². The Kier molecular flexibility index (Phi) is 8.30. The molecule has 1 heterocycles. The molecular weight excluding hydrogens is 448 g/mol. The van der Waals surface area contributed by atoms with Crippen molar-refractivity contribution in [2.75, 3.05) is 16.8 Å². The molecule has 0 bridgehead atoms. The molecule has 0 aliphatic carbocycles. The van der Waals surface area contributed by atoms with Crippen LogP contribution in [0.25, 0.3) is 11.5 Å². The molecule has 0 fully saturated rings. The number of aromatic nitrogens is 2. The molecule has 0 aliphatic heterocycles. The summed E-state index contributed by atoms with van der Waals surface area (Å²) in [6.07, 6.45) is 0. The second kappa shape index (κ2) is 11.2. The van der Waals surface area contributed by atoms with E-state index in [4.69, 9.17) is 16.0 Å². The fourth-order valence-corrected chi connectivity index (χ4v) is 3.83. The van der Waals surface area contributed by atoms with Gasteiger partial charge in [-0.1, -0.05) is 41.4 Å². The first-order chi connectivity index (χ1) is 15.3. The number of thioether (sulfide) groups is 1. The van der Waals surface area contributed by atoms with E-state index in [0.717, 1.165) is 11.3 Å². The average Bonchev–Trinajstić information content (AvgIpc) is 3.22. The Morgan fingerprint density at radius 2 is 1.81 bits per heavy atom. The van der Waals surface area contributed by atoms with Gasteiger partial charge in [0, 0.05) is 11.7 Å². The zero-order chi connectivity index (χ0) is 23.1. The van der Waals surface area contributed by atoms with E-state index in [1.165, 1.54) is 11.8 Å². The van der Waals surface area contributed by atoms with Crippen LogP contribution in [0.15, 0.2) is 52.9 Å². The van der Waals surface area contributed by atoms with Crippen LogP contribution in [0.5, 0.6) is 0 Å². The maximum Gasteiger partial charge on any atom is 0.249 e. The van der Waals surface area contributed by atoms with Gasteiger partial charge in [-0.2, -0.15) is 0 Å². The van der Waals surface area contributed by atoms with Crippen LogP contribution in [0.3, 0.4) is 0 Å². The molecule has 0 saturated heterocycles. The topological polar surface area (TPSA) is 88.3 Å². The maximum absolute atomic E-state index is 12.8. The molecule has 168 valence electrons. The fourth-order valence-electron chi connectivity index (χ4n) is 2.91. The summed E-state index contributed by atoms with van der Waals surface area (Å²) in [6.45, 7) is 6.00. The number of aryl methyl sites for hydroxylation is 1. The molecule has 3 aromatic rings. The Hall–Kier alpha value is -2.84. The molecule has 0 saturated carbocycles. The number of nitrogens with one attached hydrogen (secondary N) is 1. The molecule has 1 aromatic heterocycles. The normalized spacial score (nSPS) is 10.9. The SMILES string of the molecule is Cc1ccc(NC(=O)CSCC(=O)N(Cc2nnc(-c3ccccc3Cl)o2)C(C)C)cc1. The van der Waals surface area contributed by atoms with Crippen molar-refractivity contribution in [2.24, 2.45) is 0 Å². The summed E-state index contributed by atoms with van der Waals surface area (Å²) < 4.78 is 5.73. The zero-order valence-corrected chi connectivity index (χ0v) is 19.7. The Morgan fingerprint density at radius 3 is 2.50 bits per heavy atom. The smallest absolute Gasteiger partial charge is 0.249 e. The number of nitrogens with zero attached hydrogens (tertiary/aromatic N) is 3. The molecular formula is C23H25ClN4O3S. The third kappa shape index (κ3) is 6.58. The van der Waals surface area contributed by atoms with E-state index in [0.29, 0.717) is 22.4 Å². The minimum absolute atomic E-state index is 0.0693. The van der Waals surface area contributed by atoms with Crippen molar-refractivity contribution in [1.82, 2.24) is 15.1 Å². The number of carbonyl (C=O) groups is 2. The molecule has 9 heteroatoms. The molecule has 7 nitrogen and oxygen atoms in total. The van der Waals surface area contributed by atoms with Crippen LogP contribution in [-0.2, 0) is 16.1 Å². The molecule has 3 rings (SSSR count). The number of amides is 2. The number of anilines is 1. The van der Waals surface area contributed by atoms with Gasteiger partial charge in [-0.3, -0.25) is 9.59 Å². The zero-order valence-electron chi connectivity index (χ0n) is 18.2. The Labute approximate surface area is 196 Å². The molecule has 0 radical (unpaired) electrons. The minimum Gasteiger partial charge on any atom is -0.419 e. The van der Waals surface area contributed by atoms with Gasteiger partial charge in [0.05, 0.1) is 28.6 Å². The van der Waals surface area contributed by atoms with Gasteiger partial charge in [-0.25, -0.2) is 0 Å². The van der Waals surface area contributed by atoms with Crippen LogP contribution >= 0.6 is 23.4 Å². The van der Waals surface area contributed by atoms with Crippen molar-refractivity contribution in [3.05, 3.63) is 65.0 Å². The molecule has 0 atom stereocenters. The van der Waals surface area contributed by atoms with Crippen molar-refractivity contribution in [2.45, 2.75) is 33.4 Å². The van der Waals surface area contributed by atoms with E-state index in [2.05, 4.69) is 15.5 Å². The van der Waals surface area contributed by atoms with Gasteiger partial charge in [0.2, 0.25) is 23.6 Å². The molecule has 2 amide bonds. The highest BCUT2D eigenvalue weighted by Gasteiger charge is 2.21. The second-order valence-corrected chi connectivity index (χ2v) is 8.90. The van der Waals surface area contributed by atoms with Gasteiger partial charge in [0.25, 0.3) is 0 Å². The lowest BCUT2D eigenvalue weighted by atomic mass is 10.2. The van der Waals surface area contributed by atoms with Gasteiger partial charge in [-0.05, 0) is 45.0 Å². The van der Waals surface area contributed by atoms with E-state index in [1.54, 1.807) is 17.0 Å². The number of carbonyl (C=O) groups excluding carboxylic acids is 2. The average molecular weight is 473 g/mol. The molecule has 0 spiro atoms. The fraction of sp³-hybridized carbons (Fsp3) is 0.304. The number of benzene rings is 2. The molecule has 32 heavy (non-hydrogen) atoms. The molecule has 2 aromatic carbocycles. The first-order valence-corrected chi connectivity index (χ1v) is 11.7. The van der Waals surface area contributed by atoms with Gasteiger partial charge < -0.3 is 14.6 Å². The Morgan fingerprint density at radius 1 is 1.09 bits per heavy atom. The van der Waals surface area contributed by atoms with Crippen molar-refractivity contribution in [3.63, 3.8) is 0 Å². The lowest BCUT2D eigenvalue weighted by molar-refractivity contribution is -0.131. The monoisotopic (exact) mass is 472 g/mol. The van der Waals surface area contributed by atoms with Crippen molar-refractivity contribution in [3.8, 4) is 11.5 Å². The highest BCUT2D eigenvalue weighted by molar-refractivity contribution is 8.00. The predicted octanol–water partition coefficient (Wildman–Crippen LogP) is 4.81. The number of halogens is 1. The quantitative estimate of drug-likeness (QED) is 0.481. The van der Waals surface area contributed by atoms with E-state index in [-0.39, 0.29) is 35.9 Å². The number of rotatable bonds is 9. The van der Waals surface area contributed by atoms with Crippen molar-refractivity contribution < 1.29 is 14.0 Å². The van der Waals surface area contributed by atoms with Crippen LogP contribution in [0, 0.1) is 6.92 Å².